The molecule has 0 radical (unpaired) electrons. The average molecular weight is 256 g/mol. The molecule has 1 saturated heterocycles. The summed E-state index contributed by atoms with van der Waals surface area (Å²) in [6.45, 7) is 10.5. The number of nitrogens with zero attached hydrogens (tertiary/aromatic N) is 1. The second-order valence-corrected chi connectivity index (χ2v) is 6.24. The van der Waals surface area contributed by atoms with Crippen LogP contribution in [0.15, 0.2) is 0 Å². The first-order chi connectivity index (χ1) is 8.57. The van der Waals surface area contributed by atoms with Crippen LogP contribution >= 0.6 is 0 Å². The summed E-state index contributed by atoms with van der Waals surface area (Å²) >= 11 is 0. The number of ether oxygens (including phenoxy) is 1. The molecular weight excluding hydrogens is 224 g/mol. The van der Waals surface area contributed by atoms with E-state index in [1.54, 1.807) is 0 Å². The number of rotatable bonds is 8. The zero-order chi connectivity index (χ0) is 13.4. The van der Waals surface area contributed by atoms with E-state index in [9.17, 15) is 0 Å². The maximum Gasteiger partial charge on any atom is 0.0831 e. The number of morpholine rings is 1. The van der Waals surface area contributed by atoms with Gasteiger partial charge in [0.25, 0.3) is 0 Å². The molecule has 1 aliphatic heterocycles. The molecule has 0 aromatic rings. The van der Waals surface area contributed by atoms with Gasteiger partial charge in [0.15, 0.2) is 0 Å². The van der Waals surface area contributed by atoms with E-state index in [1.165, 1.54) is 45.1 Å². The van der Waals surface area contributed by atoms with Gasteiger partial charge in [0.2, 0.25) is 0 Å². The fraction of sp³-hybridized carbons (Fsp3) is 1.00. The molecule has 1 atom stereocenters. The quantitative estimate of drug-likeness (QED) is 0.679. The SMILES string of the molecule is CCCCCCCCN1CC(CN)OC(C)(C)C1. The summed E-state index contributed by atoms with van der Waals surface area (Å²) in [7, 11) is 0. The summed E-state index contributed by atoms with van der Waals surface area (Å²) in [5.74, 6) is 0. The molecule has 1 heterocycles. The zero-order valence-electron chi connectivity index (χ0n) is 12.6. The van der Waals surface area contributed by atoms with E-state index in [0.717, 1.165) is 13.1 Å². The van der Waals surface area contributed by atoms with Gasteiger partial charge in [0.1, 0.15) is 0 Å². The zero-order valence-corrected chi connectivity index (χ0v) is 12.6. The van der Waals surface area contributed by atoms with Crippen LogP contribution in [0.25, 0.3) is 0 Å². The molecule has 108 valence electrons. The average Bonchev–Trinajstić information content (AvgIpc) is 2.31. The molecule has 3 heteroatoms. The van der Waals surface area contributed by atoms with Crippen molar-refractivity contribution in [3.8, 4) is 0 Å². The van der Waals surface area contributed by atoms with Gasteiger partial charge < -0.3 is 10.5 Å². The van der Waals surface area contributed by atoms with Gasteiger partial charge in [-0.25, -0.2) is 0 Å². The third-order valence-electron chi connectivity index (χ3n) is 3.64. The van der Waals surface area contributed by atoms with Crippen molar-refractivity contribution in [1.29, 1.82) is 0 Å². The summed E-state index contributed by atoms with van der Waals surface area (Å²) < 4.78 is 5.95. The van der Waals surface area contributed by atoms with Gasteiger partial charge in [-0.15, -0.1) is 0 Å². The van der Waals surface area contributed by atoms with Crippen molar-refractivity contribution in [1.82, 2.24) is 4.90 Å². The molecular formula is C15H32N2O. The van der Waals surface area contributed by atoms with Crippen molar-refractivity contribution in [2.24, 2.45) is 5.73 Å². The highest BCUT2D eigenvalue weighted by atomic mass is 16.5. The Kier molecular flexibility index (Phi) is 7.20. The molecule has 0 aromatic heterocycles. The first-order valence-electron chi connectivity index (χ1n) is 7.67. The third-order valence-corrected chi connectivity index (χ3v) is 3.64. The lowest BCUT2D eigenvalue weighted by Gasteiger charge is -2.42. The minimum atomic E-state index is -0.0372. The van der Waals surface area contributed by atoms with Crippen molar-refractivity contribution in [3.05, 3.63) is 0 Å². The van der Waals surface area contributed by atoms with E-state index >= 15 is 0 Å². The van der Waals surface area contributed by atoms with E-state index in [4.69, 9.17) is 10.5 Å². The third kappa shape index (κ3) is 6.17. The fourth-order valence-corrected chi connectivity index (χ4v) is 2.83. The summed E-state index contributed by atoms with van der Waals surface area (Å²) in [4.78, 5) is 2.53. The molecule has 2 N–H and O–H groups in total. The van der Waals surface area contributed by atoms with E-state index in [2.05, 4.69) is 25.7 Å². The topological polar surface area (TPSA) is 38.5 Å². The molecule has 0 bridgehead atoms. The summed E-state index contributed by atoms with van der Waals surface area (Å²) in [5, 5.41) is 0. The fourth-order valence-electron chi connectivity index (χ4n) is 2.83. The van der Waals surface area contributed by atoms with Crippen molar-refractivity contribution < 1.29 is 4.74 Å². The predicted octanol–water partition coefficient (Wildman–Crippen LogP) is 2.79. The van der Waals surface area contributed by atoms with Gasteiger partial charge in [-0.3, -0.25) is 4.90 Å². The molecule has 1 rings (SSSR count). The van der Waals surface area contributed by atoms with E-state index in [-0.39, 0.29) is 11.7 Å². The van der Waals surface area contributed by atoms with Crippen LogP contribution < -0.4 is 5.73 Å². The summed E-state index contributed by atoms with van der Waals surface area (Å²) in [5.41, 5.74) is 5.71. The van der Waals surface area contributed by atoms with Gasteiger partial charge >= 0.3 is 0 Å². The van der Waals surface area contributed by atoms with Gasteiger partial charge in [0, 0.05) is 19.6 Å². The standard InChI is InChI=1S/C15H32N2O/c1-4-5-6-7-8-9-10-17-12-14(11-16)18-15(2,3)13-17/h14H,4-13,16H2,1-3H3. The van der Waals surface area contributed by atoms with E-state index in [0.29, 0.717) is 6.54 Å². The maximum absolute atomic E-state index is 5.95. The summed E-state index contributed by atoms with van der Waals surface area (Å²) in [6, 6.07) is 0. The second kappa shape index (κ2) is 8.13. The van der Waals surface area contributed by atoms with Gasteiger partial charge in [-0.1, -0.05) is 39.0 Å². The number of nitrogens with two attached hydrogens (primary N) is 1. The minimum absolute atomic E-state index is 0.0372. The van der Waals surface area contributed by atoms with Crippen LogP contribution in [-0.2, 0) is 4.74 Å². The van der Waals surface area contributed by atoms with Crippen LogP contribution in [0.2, 0.25) is 0 Å². The van der Waals surface area contributed by atoms with Crippen LogP contribution in [0.4, 0.5) is 0 Å². The highest BCUT2D eigenvalue weighted by molar-refractivity contribution is 4.84. The molecule has 3 nitrogen and oxygen atoms in total. The first-order valence-corrected chi connectivity index (χ1v) is 7.67. The molecule has 0 aliphatic carbocycles. The molecule has 18 heavy (non-hydrogen) atoms. The van der Waals surface area contributed by atoms with Crippen LogP contribution in [0, 0.1) is 0 Å². The Labute approximate surface area is 113 Å². The number of hydrogen-bond donors (Lipinski definition) is 1. The molecule has 0 spiro atoms. The molecule has 0 amide bonds. The Morgan fingerprint density at radius 3 is 2.50 bits per heavy atom. The first kappa shape index (κ1) is 15.9. The Bertz CT molecular complexity index is 219. The van der Waals surface area contributed by atoms with E-state index in [1.807, 2.05) is 0 Å². The Balaban J connectivity index is 2.16. The lowest BCUT2D eigenvalue weighted by atomic mass is 10.0. The van der Waals surface area contributed by atoms with E-state index < -0.39 is 0 Å². The number of hydrogen-bond acceptors (Lipinski definition) is 3. The molecule has 1 fully saturated rings. The van der Waals surface area contributed by atoms with Crippen molar-refractivity contribution >= 4 is 0 Å². The second-order valence-electron chi connectivity index (χ2n) is 6.24. The Morgan fingerprint density at radius 1 is 1.17 bits per heavy atom. The van der Waals surface area contributed by atoms with Crippen molar-refractivity contribution in [2.45, 2.75) is 71.0 Å². The maximum atomic E-state index is 5.95. The number of unbranched alkanes of at least 4 members (excludes halogenated alkanes) is 5. The summed E-state index contributed by atoms with van der Waals surface area (Å²) in [6.07, 6.45) is 8.41. The molecule has 0 saturated carbocycles. The molecule has 1 unspecified atom stereocenters. The lowest BCUT2D eigenvalue weighted by Crippen LogP contribution is -2.54. The largest absolute Gasteiger partial charge is 0.368 e. The smallest absolute Gasteiger partial charge is 0.0831 e. The van der Waals surface area contributed by atoms with Crippen LogP contribution in [0.1, 0.15) is 59.3 Å². The van der Waals surface area contributed by atoms with Crippen LogP contribution in [-0.4, -0.2) is 42.8 Å². The van der Waals surface area contributed by atoms with Gasteiger partial charge in [-0.05, 0) is 26.8 Å². The monoisotopic (exact) mass is 256 g/mol. The van der Waals surface area contributed by atoms with Gasteiger partial charge in [-0.2, -0.15) is 0 Å². The van der Waals surface area contributed by atoms with Crippen LogP contribution in [0.3, 0.4) is 0 Å². The highest BCUT2D eigenvalue weighted by Crippen LogP contribution is 2.21. The lowest BCUT2D eigenvalue weighted by molar-refractivity contribution is -0.131. The Hall–Kier alpha value is -0.120. The van der Waals surface area contributed by atoms with Crippen LogP contribution in [0.5, 0.6) is 0 Å². The molecule has 0 aromatic carbocycles. The normalized spacial score (nSPS) is 24.3. The van der Waals surface area contributed by atoms with Gasteiger partial charge in [0.05, 0.1) is 11.7 Å². The minimum Gasteiger partial charge on any atom is -0.368 e. The van der Waals surface area contributed by atoms with Crippen molar-refractivity contribution in [2.75, 3.05) is 26.2 Å². The predicted molar refractivity (Wildman–Crippen MR) is 77.8 cm³/mol. The van der Waals surface area contributed by atoms with Crippen molar-refractivity contribution in [3.63, 3.8) is 0 Å². The Morgan fingerprint density at radius 2 is 1.83 bits per heavy atom. The molecule has 1 aliphatic rings. The highest BCUT2D eigenvalue weighted by Gasteiger charge is 2.32.